The predicted molar refractivity (Wildman–Crippen MR) is 73.6 cm³/mol. The fourth-order valence-corrected chi connectivity index (χ4v) is 2.45. The van der Waals surface area contributed by atoms with E-state index in [1.54, 1.807) is 19.1 Å². The van der Waals surface area contributed by atoms with Gasteiger partial charge in [0.05, 0.1) is 10.9 Å². The van der Waals surface area contributed by atoms with Crippen LogP contribution < -0.4 is 5.32 Å². The standard InChI is InChI=1S/C14H12FNO3S/c1-8(9-3-2-4-10(15)7-9)16-13(17)11-5-6-12(20-11)14(18)19/h2-8H,1H3,(H,16,17)(H,18,19). The first-order valence-electron chi connectivity index (χ1n) is 5.87. The Balaban J connectivity index is 2.08. The lowest BCUT2D eigenvalue weighted by Crippen LogP contribution is -2.25. The first-order chi connectivity index (χ1) is 9.47. The van der Waals surface area contributed by atoms with E-state index in [1.807, 2.05) is 0 Å². The molecule has 0 saturated carbocycles. The highest BCUT2D eigenvalue weighted by Crippen LogP contribution is 2.19. The van der Waals surface area contributed by atoms with E-state index in [0.717, 1.165) is 11.3 Å². The molecule has 4 nitrogen and oxygen atoms in total. The maximum atomic E-state index is 13.1. The summed E-state index contributed by atoms with van der Waals surface area (Å²) in [6.45, 7) is 1.73. The Morgan fingerprint density at radius 1 is 1.25 bits per heavy atom. The Labute approximate surface area is 118 Å². The van der Waals surface area contributed by atoms with Crippen LogP contribution in [0, 0.1) is 5.82 Å². The summed E-state index contributed by atoms with van der Waals surface area (Å²) in [7, 11) is 0. The highest BCUT2D eigenvalue weighted by Gasteiger charge is 2.15. The van der Waals surface area contributed by atoms with Crippen molar-refractivity contribution in [3.05, 3.63) is 57.5 Å². The third-order valence-corrected chi connectivity index (χ3v) is 3.81. The monoisotopic (exact) mass is 293 g/mol. The molecule has 0 aliphatic carbocycles. The minimum absolute atomic E-state index is 0.105. The first-order valence-corrected chi connectivity index (χ1v) is 6.68. The average molecular weight is 293 g/mol. The number of carboxylic acids is 1. The number of thiophene rings is 1. The van der Waals surface area contributed by atoms with Gasteiger partial charge in [0, 0.05) is 0 Å². The van der Waals surface area contributed by atoms with Crippen molar-refractivity contribution < 1.29 is 19.1 Å². The molecule has 2 N–H and O–H groups in total. The molecule has 0 bridgehead atoms. The maximum Gasteiger partial charge on any atom is 0.345 e. The second kappa shape index (κ2) is 5.83. The van der Waals surface area contributed by atoms with Crippen molar-refractivity contribution in [2.75, 3.05) is 0 Å². The van der Waals surface area contributed by atoms with Crippen LogP contribution in [0.2, 0.25) is 0 Å². The van der Waals surface area contributed by atoms with Crippen LogP contribution in [0.1, 0.15) is 37.9 Å². The van der Waals surface area contributed by atoms with Crippen LogP contribution in [0.4, 0.5) is 4.39 Å². The lowest BCUT2D eigenvalue weighted by molar-refractivity contribution is 0.0702. The van der Waals surface area contributed by atoms with Crippen LogP contribution >= 0.6 is 11.3 Å². The zero-order valence-corrected chi connectivity index (χ0v) is 11.4. The van der Waals surface area contributed by atoms with Gasteiger partial charge in [-0.15, -0.1) is 11.3 Å². The van der Waals surface area contributed by atoms with E-state index in [2.05, 4.69) is 5.32 Å². The van der Waals surface area contributed by atoms with Crippen molar-refractivity contribution in [3.8, 4) is 0 Å². The molecule has 6 heteroatoms. The van der Waals surface area contributed by atoms with Crippen molar-refractivity contribution in [2.45, 2.75) is 13.0 Å². The quantitative estimate of drug-likeness (QED) is 0.910. The van der Waals surface area contributed by atoms with Crippen LogP contribution in [0.25, 0.3) is 0 Å². The minimum Gasteiger partial charge on any atom is -0.477 e. The normalized spacial score (nSPS) is 11.9. The molecular weight excluding hydrogens is 281 g/mol. The zero-order chi connectivity index (χ0) is 14.7. The number of nitrogens with one attached hydrogen (secondary N) is 1. The number of hydrogen-bond donors (Lipinski definition) is 2. The van der Waals surface area contributed by atoms with E-state index < -0.39 is 5.97 Å². The summed E-state index contributed by atoms with van der Waals surface area (Å²) in [4.78, 5) is 23.1. The lowest BCUT2D eigenvalue weighted by atomic mass is 10.1. The molecule has 0 fully saturated rings. The summed E-state index contributed by atoms with van der Waals surface area (Å²) in [6, 6.07) is 8.44. The van der Waals surface area contributed by atoms with E-state index in [-0.39, 0.29) is 22.6 Å². The smallest absolute Gasteiger partial charge is 0.345 e. The minimum atomic E-state index is -1.06. The van der Waals surface area contributed by atoms with Gasteiger partial charge in [-0.05, 0) is 36.8 Å². The van der Waals surface area contributed by atoms with Crippen LogP contribution in [-0.2, 0) is 0 Å². The molecule has 1 unspecified atom stereocenters. The third kappa shape index (κ3) is 3.21. The average Bonchev–Trinajstić information content (AvgIpc) is 2.88. The molecule has 1 aromatic heterocycles. The van der Waals surface area contributed by atoms with Gasteiger partial charge in [-0.3, -0.25) is 4.79 Å². The summed E-state index contributed by atoms with van der Waals surface area (Å²) >= 11 is 0.904. The fourth-order valence-electron chi connectivity index (χ4n) is 1.70. The summed E-state index contributed by atoms with van der Waals surface area (Å²) in [5, 5.41) is 11.5. The maximum absolute atomic E-state index is 13.1. The summed E-state index contributed by atoms with van der Waals surface area (Å²) < 4.78 is 13.1. The van der Waals surface area contributed by atoms with Gasteiger partial charge in [0.25, 0.3) is 5.91 Å². The Morgan fingerprint density at radius 2 is 1.95 bits per heavy atom. The molecule has 1 heterocycles. The van der Waals surface area contributed by atoms with Crippen LogP contribution in [-0.4, -0.2) is 17.0 Å². The number of benzene rings is 1. The van der Waals surface area contributed by atoms with Gasteiger partial charge in [0.15, 0.2) is 0 Å². The molecule has 1 aromatic carbocycles. The van der Waals surface area contributed by atoms with Crippen molar-refractivity contribution in [2.24, 2.45) is 0 Å². The van der Waals surface area contributed by atoms with Crippen LogP contribution in [0.5, 0.6) is 0 Å². The molecule has 0 radical (unpaired) electrons. The van der Waals surface area contributed by atoms with Crippen molar-refractivity contribution >= 4 is 23.2 Å². The molecular formula is C14H12FNO3S. The largest absolute Gasteiger partial charge is 0.477 e. The van der Waals surface area contributed by atoms with E-state index in [0.29, 0.717) is 10.4 Å². The molecule has 0 saturated heterocycles. The molecule has 2 rings (SSSR count). The van der Waals surface area contributed by atoms with Crippen molar-refractivity contribution in [1.82, 2.24) is 5.32 Å². The van der Waals surface area contributed by atoms with E-state index in [1.165, 1.54) is 24.3 Å². The fraction of sp³-hybridized carbons (Fsp3) is 0.143. The van der Waals surface area contributed by atoms with Gasteiger partial charge < -0.3 is 10.4 Å². The molecule has 1 amide bonds. The number of hydrogen-bond acceptors (Lipinski definition) is 3. The van der Waals surface area contributed by atoms with E-state index in [4.69, 9.17) is 5.11 Å². The Morgan fingerprint density at radius 3 is 2.55 bits per heavy atom. The summed E-state index contributed by atoms with van der Waals surface area (Å²) in [5.74, 6) is -1.81. The number of aromatic carboxylic acids is 1. The topological polar surface area (TPSA) is 66.4 Å². The van der Waals surface area contributed by atoms with Crippen LogP contribution in [0.15, 0.2) is 36.4 Å². The van der Waals surface area contributed by atoms with E-state index >= 15 is 0 Å². The van der Waals surface area contributed by atoms with Gasteiger partial charge in [0.1, 0.15) is 10.7 Å². The second-order valence-electron chi connectivity index (χ2n) is 4.22. The highest BCUT2D eigenvalue weighted by molar-refractivity contribution is 7.15. The number of amides is 1. The van der Waals surface area contributed by atoms with Crippen molar-refractivity contribution in [3.63, 3.8) is 0 Å². The van der Waals surface area contributed by atoms with Gasteiger partial charge in [-0.25, -0.2) is 9.18 Å². The Bertz CT molecular complexity index is 653. The lowest BCUT2D eigenvalue weighted by Gasteiger charge is -2.13. The van der Waals surface area contributed by atoms with Gasteiger partial charge >= 0.3 is 5.97 Å². The summed E-state index contributed by atoms with van der Waals surface area (Å²) in [6.07, 6.45) is 0. The molecule has 0 spiro atoms. The van der Waals surface area contributed by atoms with Crippen molar-refractivity contribution in [1.29, 1.82) is 0 Å². The number of carbonyl (C=O) groups is 2. The number of rotatable bonds is 4. The van der Waals surface area contributed by atoms with Gasteiger partial charge in [-0.2, -0.15) is 0 Å². The number of halogens is 1. The third-order valence-electron chi connectivity index (χ3n) is 2.74. The molecule has 0 aliphatic heterocycles. The van der Waals surface area contributed by atoms with E-state index in [9.17, 15) is 14.0 Å². The molecule has 20 heavy (non-hydrogen) atoms. The van der Waals surface area contributed by atoms with Gasteiger partial charge in [0.2, 0.25) is 0 Å². The van der Waals surface area contributed by atoms with Gasteiger partial charge in [-0.1, -0.05) is 12.1 Å². The molecule has 0 aliphatic rings. The zero-order valence-electron chi connectivity index (χ0n) is 10.6. The Kier molecular flexibility index (Phi) is 4.14. The molecule has 104 valence electrons. The second-order valence-corrected chi connectivity index (χ2v) is 5.30. The molecule has 1 atom stereocenters. The number of carbonyl (C=O) groups excluding carboxylic acids is 1. The SMILES string of the molecule is CC(NC(=O)c1ccc(C(=O)O)s1)c1cccc(F)c1. The number of carboxylic acid groups (broad SMARTS) is 1. The molecule has 2 aromatic rings. The highest BCUT2D eigenvalue weighted by atomic mass is 32.1. The predicted octanol–water partition coefficient (Wildman–Crippen LogP) is 3.08. The summed E-state index contributed by atoms with van der Waals surface area (Å²) in [5.41, 5.74) is 0.647. The Hall–Kier alpha value is -2.21. The first kappa shape index (κ1) is 14.2. The van der Waals surface area contributed by atoms with Crippen LogP contribution in [0.3, 0.4) is 0 Å².